The monoisotopic (exact) mass is 306 g/mol. The zero-order valence-corrected chi connectivity index (χ0v) is 13.7. The molecule has 0 aromatic carbocycles. The van der Waals surface area contributed by atoms with Crippen molar-refractivity contribution in [1.29, 1.82) is 0 Å². The van der Waals surface area contributed by atoms with Gasteiger partial charge in [0.05, 0.1) is 6.54 Å². The molecular weight excluding hydrogens is 280 g/mol. The molecule has 2 heterocycles. The lowest BCUT2D eigenvalue weighted by molar-refractivity contribution is -0.123. The Kier molecular flexibility index (Phi) is 4.96. The van der Waals surface area contributed by atoms with Crippen molar-refractivity contribution < 1.29 is 4.79 Å². The smallest absolute Gasteiger partial charge is 0.234 e. The van der Waals surface area contributed by atoms with Crippen LogP contribution < -0.4 is 5.32 Å². The molecule has 1 N–H and O–H groups in total. The summed E-state index contributed by atoms with van der Waals surface area (Å²) in [5, 5.41) is 5.39. The van der Waals surface area contributed by atoms with Gasteiger partial charge in [-0.1, -0.05) is 13.0 Å². The summed E-state index contributed by atoms with van der Waals surface area (Å²) in [5.41, 5.74) is 0. The summed E-state index contributed by atoms with van der Waals surface area (Å²) in [6, 6.07) is 5.19. The molecule has 3 nitrogen and oxygen atoms in total. The van der Waals surface area contributed by atoms with Crippen molar-refractivity contribution >= 4 is 17.2 Å². The van der Waals surface area contributed by atoms with Crippen molar-refractivity contribution in [2.24, 2.45) is 5.92 Å². The Labute approximate surface area is 131 Å². The summed E-state index contributed by atoms with van der Waals surface area (Å²) in [4.78, 5) is 16.1. The van der Waals surface area contributed by atoms with Gasteiger partial charge in [-0.25, -0.2) is 0 Å². The van der Waals surface area contributed by atoms with E-state index in [1.165, 1.54) is 30.6 Å². The standard InChI is InChI=1S/C17H26N2OS/c1-13-6-8-14(9-7-13)18-17(20)12-19-10-2-4-15(19)16-5-3-11-21-16/h3,5,11,13-15H,2,4,6-10,12H2,1H3,(H,18,20). The van der Waals surface area contributed by atoms with E-state index in [0.717, 1.165) is 25.3 Å². The lowest BCUT2D eigenvalue weighted by Crippen LogP contribution is -2.43. The van der Waals surface area contributed by atoms with E-state index in [1.807, 2.05) is 11.3 Å². The first-order valence-electron chi connectivity index (χ1n) is 8.29. The maximum absolute atomic E-state index is 12.3. The molecule has 1 aromatic heterocycles. The summed E-state index contributed by atoms with van der Waals surface area (Å²) < 4.78 is 0. The number of carbonyl (C=O) groups is 1. The van der Waals surface area contributed by atoms with Gasteiger partial charge in [0.2, 0.25) is 5.91 Å². The van der Waals surface area contributed by atoms with Gasteiger partial charge in [-0.3, -0.25) is 9.69 Å². The van der Waals surface area contributed by atoms with Crippen LogP contribution in [0, 0.1) is 5.92 Å². The van der Waals surface area contributed by atoms with Gasteiger partial charge in [0.1, 0.15) is 0 Å². The van der Waals surface area contributed by atoms with Crippen LogP contribution in [-0.4, -0.2) is 29.9 Å². The molecule has 1 saturated heterocycles. The summed E-state index contributed by atoms with van der Waals surface area (Å²) >= 11 is 1.81. The molecular formula is C17H26N2OS. The third kappa shape index (κ3) is 3.86. The highest BCUT2D eigenvalue weighted by molar-refractivity contribution is 7.10. The SMILES string of the molecule is CC1CCC(NC(=O)CN2CCCC2c2cccs2)CC1. The fourth-order valence-corrected chi connectivity index (χ4v) is 4.58. The first-order chi connectivity index (χ1) is 10.2. The third-order valence-corrected chi connectivity index (χ3v) is 5.94. The van der Waals surface area contributed by atoms with Gasteiger partial charge < -0.3 is 5.32 Å². The first kappa shape index (κ1) is 15.0. The van der Waals surface area contributed by atoms with Crippen molar-refractivity contribution in [3.8, 4) is 0 Å². The third-order valence-electron chi connectivity index (χ3n) is 4.96. The molecule has 0 radical (unpaired) electrons. The van der Waals surface area contributed by atoms with Gasteiger partial charge in [-0.15, -0.1) is 11.3 Å². The predicted octanol–water partition coefficient (Wildman–Crippen LogP) is 3.58. The molecule has 116 valence electrons. The minimum Gasteiger partial charge on any atom is -0.352 e. The first-order valence-corrected chi connectivity index (χ1v) is 9.17. The minimum absolute atomic E-state index is 0.220. The Morgan fingerprint density at radius 2 is 2.14 bits per heavy atom. The van der Waals surface area contributed by atoms with E-state index in [9.17, 15) is 4.79 Å². The van der Waals surface area contributed by atoms with Crippen LogP contribution >= 0.6 is 11.3 Å². The molecule has 1 saturated carbocycles. The lowest BCUT2D eigenvalue weighted by Gasteiger charge is -2.28. The van der Waals surface area contributed by atoms with Gasteiger partial charge in [0.15, 0.2) is 0 Å². The molecule has 0 bridgehead atoms. The normalized spacial score (nSPS) is 30.4. The van der Waals surface area contributed by atoms with Crippen molar-refractivity contribution in [3.63, 3.8) is 0 Å². The van der Waals surface area contributed by atoms with Crippen molar-refractivity contribution in [3.05, 3.63) is 22.4 Å². The zero-order valence-electron chi connectivity index (χ0n) is 12.9. The highest BCUT2D eigenvalue weighted by Gasteiger charge is 2.29. The maximum Gasteiger partial charge on any atom is 0.234 e. The van der Waals surface area contributed by atoms with Gasteiger partial charge >= 0.3 is 0 Å². The van der Waals surface area contributed by atoms with Gasteiger partial charge in [-0.05, 0) is 62.4 Å². The number of amides is 1. The Balaban J connectivity index is 1.50. The Morgan fingerprint density at radius 1 is 1.33 bits per heavy atom. The summed E-state index contributed by atoms with van der Waals surface area (Å²) in [7, 11) is 0. The molecule has 1 aliphatic heterocycles. The van der Waals surface area contributed by atoms with Crippen LogP contribution in [0.2, 0.25) is 0 Å². The fraction of sp³-hybridized carbons (Fsp3) is 0.706. The number of thiophene rings is 1. The van der Waals surface area contributed by atoms with Crippen LogP contribution in [0.3, 0.4) is 0 Å². The van der Waals surface area contributed by atoms with Crippen LogP contribution in [0.1, 0.15) is 56.4 Å². The summed E-state index contributed by atoms with van der Waals surface area (Å²) in [5.74, 6) is 1.05. The summed E-state index contributed by atoms with van der Waals surface area (Å²) in [6.07, 6.45) is 7.22. The molecule has 1 amide bonds. The van der Waals surface area contributed by atoms with Gasteiger partial charge in [0.25, 0.3) is 0 Å². The predicted molar refractivity (Wildman–Crippen MR) is 87.4 cm³/mol. The average molecular weight is 306 g/mol. The number of carbonyl (C=O) groups excluding carboxylic acids is 1. The Hall–Kier alpha value is -0.870. The Bertz CT molecular complexity index is 451. The number of hydrogen-bond acceptors (Lipinski definition) is 3. The number of nitrogens with one attached hydrogen (secondary N) is 1. The maximum atomic E-state index is 12.3. The quantitative estimate of drug-likeness (QED) is 0.922. The van der Waals surface area contributed by atoms with E-state index < -0.39 is 0 Å². The minimum atomic E-state index is 0.220. The highest BCUT2D eigenvalue weighted by atomic mass is 32.1. The Morgan fingerprint density at radius 3 is 2.86 bits per heavy atom. The second kappa shape index (κ2) is 6.93. The fourth-order valence-electron chi connectivity index (χ4n) is 3.68. The second-order valence-electron chi connectivity index (χ2n) is 6.67. The zero-order chi connectivity index (χ0) is 14.7. The molecule has 2 aliphatic rings. The van der Waals surface area contributed by atoms with E-state index in [1.54, 1.807) is 0 Å². The number of rotatable bonds is 4. The van der Waals surface area contributed by atoms with Gasteiger partial charge in [0, 0.05) is 17.0 Å². The molecule has 21 heavy (non-hydrogen) atoms. The van der Waals surface area contributed by atoms with E-state index in [4.69, 9.17) is 0 Å². The van der Waals surface area contributed by atoms with Crippen LogP contribution in [0.15, 0.2) is 17.5 Å². The number of likely N-dealkylation sites (tertiary alicyclic amines) is 1. The molecule has 1 aromatic rings. The second-order valence-corrected chi connectivity index (χ2v) is 7.65. The van der Waals surface area contributed by atoms with Crippen LogP contribution in [0.5, 0.6) is 0 Å². The molecule has 1 atom stereocenters. The van der Waals surface area contributed by atoms with E-state index >= 15 is 0 Å². The van der Waals surface area contributed by atoms with Crippen LogP contribution in [-0.2, 0) is 4.79 Å². The number of hydrogen-bond donors (Lipinski definition) is 1. The average Bonchev–Trinajstić information content (AvgIpc) is 3.11. The van der Waals surface area contributed by atoms with Gasteiger partial charge in [-0.2, -0.15) is 0 Å². The molecule has 0 spiro atoms. The molecule has 4 heteroatoms. The van der Waals surface area contributed by atoms with E-state index in [2.05, 4.69) is 34.7 Å². The molecule has 3 rings (SSSR count). The van der Waals surface area contributed by atoms with E-state index in [0.29, 0.717) is 18.6 Å². The van der Waals surface area contributed by atoms with E-state index in [-0.39, 0.29) is 5.91 Å². The molecule has 2 fully saturated rings. The number of nitrogens with zero attached hydrogens (tertiary/aromatic N) is 1. The van der Waals surface area contributed by atoms with Crippen molar-refractivity contribution in [2.75, 3.05) is 13.1 Å². The lowest BCUT2D eigenvalue weighted by atomic mass is 9.87. The molecule has 1 unspecified atom stereocenters. The van der Waals surface area contributed by atoms with Crippen molar-refractivity contribution in [2.45, 2.75) is 57.5 Å². The molecule has 1 aliphatic carbocycles. The highest BCUT2D eigenvalue weighted by Crippen LogP contribution is 2.34. The van der Waals surface area contributed by atoms with Crippen LogP contribution in [0.25, 0.3) is 0 Å². The summed E-state index contributed by atoms with van der Waals surface area (Å²) in [6.45, 7) is 3.93. The topological polar surface area (TPSA) is 32.3 Å². The largest absolute Gasteiger partial charge is 0.352 e. The van der Waals surface area contributed by atoms with Crippen LogP contribution in [0.4, 0.5) is 0 Å². The van der Waals surface area contributed by atoms with Crippen molar-refractivity contribution in [1.82, 2.24) is 10.2 Å².